The zero-order valence-corrected chi connectivity index (χ0v) is 10.2. The summed E-state index contributed by atoms with van der Waals surface area (Å²) in [7, 11) is 0. The first kappa shape index (κ1) is 11.6. The normalized spacial score (nSPS) is 22.9. The van der Waals surface area contributed by atoms with Gasteiger partial charge in [-0.15, -0.1) is 0 Å². The summed E-state index contributed by atoms with van der Waals surface area (Å²) in [6.45, 7) is 5.91. The highest BCUT2D eigenvalue weighted by Gasteiger charge is 2.15. The number of likely N-dealkylation sites (tertiary alicyclic amines) is 1. The van der Waals surface area contributed by atoms with E-state index in [1.807, 2.05) is 18.5 Å². The number of hydrogen-bond donors (Lipinski definition) is 0. The maximum Gasteiger partial charge on any atom is 0.0312 e. The van der Waals surface area contributed by atoms with Crippen molar-refractivity contribution in [2.24, 2.45) is 5.92 Å². The molecule has 1 atom stereocenters. The average Bonchev–Trinajstić information content (AvgIpc) is 2.56. The third-order valence-corrected chi connectivity index (χ3v) is 3.65. The molecule has 0 amide bonds. The van der Waals surface area contributed by atoms with E-state index in [-0.39, 0.29) is 0 Å². The Balaban J connectivity index is 1.86. The molecular weight excluding hydrogens is 196 g/mol. The van der Waals surface area contributed by atoms with Crippen LogP contribution in [0.1, 0.15) is 38.2 Å². The molecule has 1 aliphatic heterocycles. The van der Waals surface area contributed by atoms with E-state index in [0.717, 1.165) is 12.5 Å². The van der Waals surface area contributed by atoms with Gasteiger partial charge in [0.25, 0.3) is 0 Å². The van der Waals surface area contributed by atoms with E-state index in [9.17, 15) is 0 Å². The van der Waals surface area contributed by atoms with Gasteiger partial charge in [0.05, 0.1) is 0 Å². The second kappa shape index (κ2) is 6.00. The quantitative estimate of drug-likeness (QED) is 0.775. The third-order valence-electron chi connectivity index (χ3n) is 3.65. The maximum atomic E-state index is 4.18. The first-order valence-electron chi connectivity index (χ1n) is 6.49. The fraction of sp³-hybridized carbons (Fsp3) is 0.643. The summed E-state index contributed by atoms with van der Waals surface area (Å²) in [6, 6.07) is 4.21. The zero-order chi connectivity index (χ0) is 11.2. The summed E-state index contributed by atoms with van der Waals surface area (Å²) in [4.78, 5) is 6.75. The Morgan fingerprint density at radius 2 is 2.31 bits per heavy atom. The molecule has 1 aliphatic rings. The van der Waals surface area contributed by atoms with Crippen LogP contribution in [0.3, 0.4) is 0 Å². The van der Waals surface area contributed by atoms with Crippen molar-refractivity contribution in [1.29, 1.82) is 0 Å². The van der Waals surface area contributed by atoms with Gasteiger partial charge >= 0.3 is 0 Å². The van der Waals surface area contributed by atoms with Gasteiger partial charge in [-0.25, -0.2) is 0 Å². The van der Waals surface area contributed by atoms with E-state index < -0.39 is 0 Å². The maximum absolute atomic E-state index is 4.18. The van der Waals surface area contributed by atoms with Crippen LogP contribution in [0.5, 0.6) is 0 Å². The first-order valence-corrected chi connectivity index (χ1v) is 6.49. The van der Waals surface area contributed by atoms with Gasteiger partial charge in [0.2, 0.25) is 0 Å². The number of aromatic nitrogens is 1. The summed E-state index contributed by atoms with van der Waals surface area (Å²) in [5, 5.41) is 0. The fourth-order valence-electron chi connectivity index (χ4n) is 2.54. The van der Waals surface area contributed by atoms with Crippen molar-refractivity contribution >= 4 is 0 Å². The molecule has 0 aliphatic carbocycles. The molecule has 0 aromatic carbocycles. The molecule has 1 aromatic rings. The Morgan fingerprint density at radius 1 is 1.38 bits per heavy atom. The fourth-order valence-corrected chi connectivity index (χ4v) is 2.54. The number of pyridine rings is 1. The van der Waals surface area contributed by atoms with Crippen molar-refractivity contribution in [3.63, 3.8) is 0 Å². The van der Waals surface area contributed by atoms with Gasteiger partial charge in [-0.05, 0) is 49.9 Å². The molecule has 88 valence electrons. The van der Waals surface area contributed by atoms with Crippen LogP contribution in [0.4, 0.5) is 0 Å². The van der Waals surface area contributed by atoms with Crippen LogP contribution >= 0.6 is 0 Å². The highest BCUT2D eigenvalue weighted by molar-refractivity contribution is 5.08. The standard InChI is InChI=1S/C14H22N2/c1-2-13-6-4-9-16(10-7-13)12-14-5-3-8-15-11-14/h3,5,8,11,13H,2,4,6-7,9-10,12H2,1H3. The number of nitrogens with zero attached hydrogens (tertiary/aromatic N) is 2. The predicted molar refractivity (Wildman–Crippen MR) is 67.1 cm³/mol. The van der Waals surface area contributed by atoms with Crippen LogP contribution in [0.25, 0.3) is 0 Å². The highest BCUT2D eigenvalue weighted by Crippen LogP contribution is 2.21. The van der Waals surface area contributed by atoms with Crippen molar-refractivity contribution in [2.45, 2.75) is 39.2 Å². The van der Waals surface area contributed by atoms with Crippen LogP contribution in [0, 0.1) is 5.92 Å². The Morgan fingerprint density at radius 3 is 3.06 bits per heavy atom. The van der Waals surface area contributed by atoms with Crippen LogP contribution in [-0.2, 0) is 6.54 Å². The lowest BCUT2D eigenvalue weighted by Crippen LogP contribution is -2.24. The molecule has 1 saturated heterocycles. The summed E-state index contributed by atoms with van der Waals surface area (Å²) >= 11 is 0. The van der Waals surface area contributed by atoms with E-state index in [1.165, 1.54) is 44.3 Å². The molecule has 0 spiro atoms. The van der Waals surface area contributed by atoms with Gasteiger partial charge in [-0.2, -0.15) is 0 Å². The molecular formula is C14H22N2. The molecule has 2 nitrogen and oxygen atoms in total. The van der Waals surface area contributed by atoms with Gasteiger partial charge in [0.15, 0.2) is 0 Å². The van der Waals surface area contributed by atoms with Gasteiger partial charge in [0, 0.05) is 18.9 Å². The third kappa shape index (κ3) is 3.31. The highest BCUT2D eigenvalue weighted by atomic mass is 15.1. The minimum Gasteiger partial charge on any atom is -0.299 e. The largest absolute Gasteiger partial charge is 0.299 e. The van der Waals surface area contributed by atoms with Crippen LogP contribution in [-0.4, -0.2) is 23.0 Å². The van der Waals surface area contributed by atoms with Crippen molar-refractivity contribution in [2.75, 3.05) is 13.1 Å². The Labute approximate surface area is 98.7 Å². The Kier molecular flexibility index (Phi) is 4.34. The number of rotatable bonds is 3. The average molecular weight is 218 g/mol. The van der Waals surface area contributed by atoms with Crippen molar-refractivity contribution in [1.82, 2.24) is 9.88 Å². The van der Waals surface area contributed by atoms with E-state index >= 15 is 0 Å². The van der Waals surface area contributed by atoms with Gasteiger partial charge in [-0.1, -0.05) is 19.4 Å². The van der Waals surface area contributed by atoms with Crippen molar-refractivity contribution < 1.29 is 0 Å². The molecule has 2 heterocycles. The van der Waals surface area contributed by atoms with Crippen molar-refractivity contribution in [3.8, 4) is 0 Å². The summed E-state index contributed by atoms with van der Waals surface area (Å²) in [5.41, 5.74) is 1.34. The number of hydrogen-bond acceptors (Lipinski definition) is 2. The summed E-state index contributed by atoms with van der Waals surface area (Å²) < 4.78 is 0. The van der Waals surface area contributed by atoms with Crippen LogP contribution in [0.15, 0.2) is 24.5 Å². The lowest BCUT2D eigenvalue weighted by Gasteiger charge is -2.19. The Hall–Kier alpha value is -0.890. The van der Waals surface area contributed by atoms with Gasteiger partial charge in [0.1, 0.15) is 0 Å². The summed E-state index contributed by atoms with van der Waals surface area (Å²) in [6.07, 6.45) is 9.33. The zero-order valence-electron chi connectivity index (χ0n) is 10.2. The summed E-state index contributed by atoms with van der Waals surface area (Å²) in [5.74, 6) is 0.957. The second-order valence-electron chi connectivity index (χ2n) is 4.84. The molecule has 0 saturated carbocycles. The first-order chi connectivity index (χ1) is 7.88. The molecule has 16 heavy (non-hydrogen) atoms. The molecule has 0 N–H and O–H groups in total. The molecule has 0 radical (unpaired) electrons. The van der Waals surface area contributed by atoms with Crippen LogP contribution in [0.2, 0.25) is 0 Å². The molecule has 1 fully saturated rings. The lowest BCUT2D eigenvalue weighted by atomic mass is 9.98. The Bertz CT molecular complexity index is 297. The second-order valence-corrected chi connectivity index (χ2v) is 4.84. The minimum absolute atomic E-state index is 0.957. The van der Waals surface area contributed by atoms with Crippen LogP contribution < -0.4 is 0 Å². The van der Waals surface area contributed by atoms with E-state index in [2.05, 4.69) is 22.9 Å². The van der Waals surface area contributed by atoms with Gasteiger partial charge < -0.3 is 0 Å². The van der Waals surface area contributed by atoms with Gasteiger partial charge in [-0.3, -0.25) is 9.88 Å². The lowest BCUT2D eigenvalue weighted by molar-refractivity contribution is 0.272. The predicted octanol–water partition coefficient (Wildman–Crippen LogP) is 3.09. The van der Waals surface area contributed by atoms with E-state index in [0.29, 0.717) is 0 Å². The minimum atomic E-state index is 0.957. The molecule has 2 rings (SSSR count). The smallest absolute Gasteiger partial charge is 0.0312 e. The van der Waals surface area contributed by atoms with E-state index in [4.69, 9.17) is 0 Å². The molecule has 1 aromatic heterocycles. The molecule has 1 unspecified atom stereocenters. The SMILES string of the molecule is CCC1CCCN(Cc2cccnc2)CC1. The monoisotopic (exact) mass is 218 g/mol. The molecule has 2 heteroatoms. The topological polar surface area (TPSA) is 16.1 Å². The molecule has 0 bridgehead atoms. The van der Waals surface area contributed by atoms with Crippen molar-refractivity contribution in [3.05, 3.63) is 30.1 Å². The van der Waals surface area contributed by atoms with E-state index in [1.54, 1.807) is 0 Å².